The van der Waals surface area contributed by atoms with Crippen molar-refractivity contribution in [2.75, 3.05) is 26.4 Å². The highest BCUT2D eigenvalue weighted by Crippen LogP contribution is 2.39. The molecule has 105 heavy (non-hydrogen) atoms. The van der Waals surface area contributed by atoms with Crippen LogP contribution in [-0.4, -0.2) is 215 Å². The molecule has 0 bridgehead atoms. The van der Waals surface area contributed by atoms with Crippen molar-refractivity contribution in [3.05, 3.63) is 0 Å². The van der Waals surface area contributed by atoms with Crippen molar-refractivity contribution in [3.63, 3.8) is 0 Å². The Labute approximate surface area is 633 Å². The van der Waals surface area contributed by atoms with Crippen LogP contribution in [0.3, 0.4) is 0 Å². The minimum atomic E-state index is -3.08. The summed E-state index contributed by atoms with van der Waals surface area (Å²) in [6.07, 6.45) is 36.9. The van der Waals surface area contributed by atoms with Gasteiger partial charge in [-0.15, -0.1) is 0 Å². The highest BCUT2D eigenvalue weighted by atomic mass is 16.8. The predicted molar refractivity (Wildman–Crippen MR) is 408 cm³/mol. The number of carbonyl (C=O) groups is 3. The van der Waals surface area contributed by atoms with Gasteiger partial charge in [0.25, 0.3) is 5.79 Å². The van der Waals surface area contributed by atoms with Crippen molar-refractivity contribution >= 4 is 17.8 Å². The molecule has 0 aromatic heterocycles. The number of ether oxygens (including phenoxy) is 6. The largest absolute Gasteiger partial charge is 0.477 e. The molecule has 0 aromatic carbocycles. The van der Waals surface area contributed by atoms with E-state index in [1.54, 1.807) is 0 Å². The van der Waals surface area contributed by atoms with E-state index in [0.29, 0.717) is 19.3 Å². The van der Waals surface area contributed by atoms with E-state index < -0.39 is 148 Å². The normalized spacial score (nSPS) is 26.2. The molecule has 18 atom stereocenters. The fraction of sp³-hybridized carbons (Fsp3) is 0.963. The number of amides is 2. The molecule has 0 saturated carbocycles. The average Bonchev–Trinajstić information content (AvgIpc) is 0.755. The number of unbranched alkanes of at least 4 members (excludes halogenated alkanes) is 49. The van der Waals surface area contributed by atoms with Gasteiger partial charge in [-0.25, -0.2) is 4.79 Å². The molecular weight excluding hydrogens is 1350 g/mol. The number of hydrogen-bond donors (Lipinski definition) is 14. The van der Waals surface area contributed by atoms with E-state index in [1.165, 1.54) is 270 Å². The van der Waals surface area contributed by atoms with Crippen LogP contribution in [0.4, 0.5) is 0 Å². The number of nitrogens with one attached hydrogen (secondary N) is 2. The average molecular weight is 1510 g/mol. The van der Waals surface area contributed by atoms with Gasteiger partial charge in [0.2, 0.25) is 11.8 Å². The number of aliphatic hydroxyl groups excluding tert-OH is 11. The molecule has 14 N–H and O–H groups in total. The van der Waals surface area contributed by atoms with Crippen molar-refractivity contribution in [3.8, 4) is 0 Å². The summed E-state index contributed by atoms with van der Waals surface area (Å²) < 4.78 is 35.0. The lowest BCUT2D eigenvalue weighted by atomic mass is 9.88. The van der Waals surface area contributed by atoms with Crippen LogP contribution in [0.25, 0.3) is 0 Å². The topological polar surface area (TPSA) is 373 Å². The molecule has 3 fully saturated rings. The Bertz CT molecular complexity index is 2090. The molecular formula is C82H156N2O21. The molecule has 3 rings (SSSR count). The monoisotopic (exact) mass is 1510 g/mol. The molecule has 18 unspecified atom stereocenters. The van der Waals surface area contributed by atoms with Crippen LogP contribution in [0, 0.1) is 0 Å². The Balaban J connectivity index is 1.44. The molecule has 23 nitrogen and oxygen atoms in total. The van der Waals surface area contributed by atoms with E-state index in [1.807, 2.05) is 0 Å². The van der Waals surface area contributed by atoms with Crippen LogP contribution in [0.15, 0.2) is 0 Å². The highest BCUT2D eigenvalue weighted by molar-refractivity contribution is 5.77. The molecule has 2 amide bonds. The molecule has 620 valence electrons. The quantitative estimate of drug-likeness (QED) is 0.0252. The van der Waals surface area contributed by atoms with Crippen LogP contribution in [0.2, 0.25) is 0 Å². The lowest BCUT2D eigenvalue weighted by Gasteiger charge is -2.50. The molecule has 23 heteroatoms. The zero-order valence-electron chi connectivity index (χ0n) is 65.9. The first-order valence-electron chi connectivity index (χ1n) is 42.9. The fourth-order valence-electron chi connectivity index (χ4n) is 15.3. The SMILES string of the molecule is CCCCCCCCCCCCCCCCCCCCCCCCCCCCCCCCCCCC(=O)NC(COC1OC(CO)C(OC2OC(CO)C(O)C(OC3(C(=O)O)CC(O)C(NC(C)=O)C(C(O)C(O)CO)O3)C2O)C(O)C1O)C(O)CCCCCCCCCCCCCCCCCCCC. The van der Waals surface area contributed by atoms with Crippen LogP contribution >= 0.6 is 0 Å². The number of aliphatic carboxylic acids is 1. The van der Waals surface area contributed by atoms with Gasteiger partial charge in [0.1, 0.15) is 67.1 Å². The fourth-order valence-corrected chi connectivity index (χ4v) is 15.3. The van der Waals surface area contributed by atoms with Crippen molar-refractivity contribution in [2.24, 2.45) is 0 Å². The minimum Gasteiger partial charge on any atom is -0.477 e. The smallest absolute Gasteiger partial charge is 0.364 e. The maximum atomic E-state index is 13.6. The Morgan fingerprint density at radius 3 is 1.19 bits per heavy atom. The molecule has 0 aliphatic carbocycles. The zero-order chi connectivity index (χ0) is 76.7. The lowest BCUT2D eigenvalue weighted by molar-refractivity contribution is -0.386. The number of carboxylic acid groups (broad SMARTS) is 1. The predicted octanol–water partition coefficient (Wildman–Crippen LogP) is 12.4. The van der Waals surface area contributed by atoms with Gasteiger partial charge in [-0.2, -0.15) is 0 Å². The highest BCUT2D eigenvalue weighted by Gasteiger charge is 2.60. The van der Waals surface area contributed by atoms with E-state index in [9.17, 15) is 75.7 Å². The van der Waals surface area contributed by atoms with Crippen LogP contribution in [0.5, 0.6) is 0 Å². The van der Waals surface area contributed by atoms with Gasteiger partial charge < -0.3 is 100 Å². The molecule has 3 aliphatic heterocycles. The van der Waals surface area contributed by atoms with Gasteiger partial charge in [-0.05, 0) is 12.8 Å². The van der Waals surface area contributed by atoms with Gasteiger partial charge in [0.05, 0.1) is 50.7 Å². The summed E-state index contributed by atoms with van der Waals surface area (Å²) in [4.78, 5) is 38.7. The van der Waals surface area contributed by atoms with Gasteiger partial charge in [0, 0.05) is 19.8 Å². The van der Waals surface area contributed by atoms with Crippen molar-refractivity contribution in [1.82, 2.24) is 10.6 Å². The second-order valence-corrected chi connectivity index (χ2v) is 31.4. The molecule has 3 heterocycles. The summed E-state index contributed by atoms with van der Waals surface area (Å²) in [7, 11) is 0. The van der Waals surface area contributed by atoms with Crippen LogP contribution < -0.4 is 10.6 Å². The third kappa shape index (κ3) is 41.2. The Kier molecular flexibility index (Phi) is 56.6. The number of carboxylic acids is 1. The molecule has 0 spiro atoms. The third-order valence-electron chi connectivity index (χ3n) is 22.1. The molecule has 0 radical (unpaired) electrons. The first-order chi connectivity index (χ1) is 50.9. The van der Waals surface area contributed by atoms with Crippen molar-refractivity contribution in [2.45, 2.75) is 477 Å². The summed E-state index contributed by atoms with van der Waals surface area (Å²) >= 11 is 0. The lowest BCUT2D eigenvalue weighted by Crippen LogP contribution is -2.70. The van der Waals surface area contributed by atoms with Gasteiger partial charge in [-0.1, -0.05) is 335 Å². The number of hydrogen-bond acceptors (Lipinski definition) is 20. The van der Waals surface area contributed by atoms with Gasteiger partial charge in [0.15, 0.2) is 12.6 Å². The van der Waals surface area contributed by atoms with E-state index in [0.717, 1.165) is 51.9 Å². The zero-order valence-corrected chi connectivity index (χ0v) is 65.9. The Morgan fingerprint density at radius 2 is 0.829 bits per heavy atom. The molecule has 3 saturated heterocycles. The standard InChI is InChI=1S/C82H156N2O21/c1-4-6-8-10-12-14-16-18-20-22-24-25-26-27-28-29-30-31-32-33-34-35-36-37-38-40-42-44-46-48-50-52-54-56-69(92)84-63(64(89)55-53-51-49-47-45-43-41-39-23-21-19-17-15-13-11-9-7-5-2)61-100-79-74(96)73(95)76(68(60-87)102-79)103-80-75(97)78(72(94)67(59-86)101-80)105-82(81(98)99)57-65(90)70(83-62(3)88)77(104-82)71(93)66(91)58-85/h63-68,70-80,85-87,89-91,93-97H,4-61H2,1-3H3,(H,83,88)(H,84,92)(H,98,99). The first kappa shape index (κ1) is 96.9. The van der Waals surface area contributed by atoms with Crippen molar-refractivity contribution < 1.29 is 104 Å². The number of rotatable bonds is 69. The maximum absolute atomic E-state index is 13.6. The second kappa shape index (κ2) is 61.3. The minimum absolute atomic E-state index is 0.230. The van der Waals surface area contributed by atoms with Gasteiger partial charge >= 0.3 is 5.97 Å². The number of aliphatic hydroxyl groups is 11. The summed E-state index contributed by atoms with van der Waals surface area (Å²) in [6, 6.07) is -2.53. The van der Waals surface area contributed by atoms with Gasteiger partial charge in [-0.3, -0.25) is 9.59 Å². The maximum Gasteiger partial charge on any atom is 0.364 e. The molecule has 0 aromatic rings. The number of carbonyl (C=O) groups excluding carboxylic acids is 2. The Morgan fingerprint density at radius 1 is 0.457 bits per heavy atom. The first-order valence-corrected chi connectivity index (χ1v) is 42.9. The second-order valence-electron chi connectivity index (χ2n) is 31.4. The summed E-state index contributed by atoms with van der Waals surface area (Å²) in [5.41, 5.74) is 0. The van der Waals surface area contributed by atoms with E-state index in [-0.39, 0.29) is 18.9 Å². The summed E-state index contributed by atoms with van der Waals surface area (Å²) in [5, 5.41) is 137. The van der Waals surface area contributed by atoms with Crippen molar-refractivity contribution in [1.29, 1.82) is 0 Å². The van der Waals surface area contributed by atoms with E-state index in [2.05, 4.69) is 24.5 Å². The third-order valence-corrected chi connectivity index (χ3v) is 22.1. The summed E-state index contributed by atoms with van der Waals surface area (Å²) in [6.45, 7) is 2.28. The van der Waals surface area contributed by atoms with E-state index >= 15 is 0 Å². The van der Waals surface area contributed by atoms with Crippen LogP contribution in [-0.2, 0) is 42.8 Å². The summed E-state index contributed by atoms with van der Waals surface area (Å²) in [5.74, 6) is -6.09. The Hall–Kier alpha value is -2.27. The van der Waals surface area contributed by atoms with Crippen LogP contribution in [0.1, 0.15) is 367 Å². The van der Waals surface area contributed by atoms with E-state index in [4.69, 9.17) is 28.4 Å². The molecule has 3 aliphatic rings.